The van der Waals surface area contributed by atoms with Crippen LogP contribution in [0.25, 0.3) is 0 Å². The molecule has 2 amide bonds. The molecule has 206 valence electrons. The van der Waals surface area contributed by atoms with Crippen LogP contribution in [0.4, 0.5) is 24.5 Å². The minimum atomic E-state index is -4.72. The van der Waals surface area contributed by atoms with E-state index >= 15 is 0 Å². The Labute approximate surface area is 248 Å². The predicted octanol–water partition coefficient (Wildman–Crippen LogP) is 9.04. The highest BCUT2D eigenvalue weighted by atomic mass is 35.5. The van der Waals surface area contributed by atoms with Gasteiger partial charge in [-0.25, -0.2) is 4.79 Å². The zero-order valence-electron chi connectivity index (χ0n) is 19.2. The van der Waals surface area contributed by atoms with Crippen molar-refractivity contribution in [2.75, 3.05) is 10.6 Å². The normalized spacial score (nSPS) is 12.1. The van der Waals surface area contributed by atoms with E-state index in [0.29, 0.717) is 4.90 Å². The number of alkyl halides is 3. The largest absolute Gasteiger partial charge is 0.478 e. The number of amides is 2. The van der Waals surface area contributed by atoms with Crippen molar-refractivity contribution in [3.05, 3.63) is 84.3 Å². The van der Waals surface area contributed by atoms with Crippen LogP contribution in [0.5, 0.6) is 0 Å². The molecule has 0 saturated heterocycles. The van der Waals surface area contributed by atoms with Crippen LogP contribution >= 0.6 is 69.8 Å². The molecule has 1 unspecified atom stereocenters. The first-order valence-corrected chi connectivity index (χ1v) is 13.2. The Morgan fingerprint density at radius 1 is 0.846 bits per heavy atom. The second-order valence-corrected chi connectivity index (χ2v) is 11.1. The number of hydrogen-bond acceptors (Lipinski definition) is 4. The number of thioether (sulfide) groups is 1. The third-order valence-corrected chi connectivity index (χ3v) is 8.20. The molecule has 1 atom stereocenters. The molecule has 0 saturated carbocycles. The lowest BCUT2D eigenvalue weighted by Crippen LogP contribution is -2.24. The molecule has 39 heavy (non-hydrogen) atoms. The van der Waals surface area contributed by atoms with Gasteiger partial charge in [-0.1, -0.05) is 58.0 Å². The number of benzene rings is 3. The minimum Gasteiger partial charge on any atom is -0.478 e. The van der Waals surface area contributed by atoms with Gasteiger partial charge in [-0.05, 0) is 49.4 Å². The highest BCUT2D eigenvalue weighted by Crippen LogP contribution is 2.42. The molecule has 3 N–H and O–H groups in total. The third-order valence-electron chi connectivity index (χ3n) is 5.05. The highest BCUT2D eigenvalue weighted by molar-refractivity contribution is 8.00. The van der Waals surface area contributed by atoms with Gasteiger partial charge in [0, 0.05) is 15.6 Å². The second kappa shape index (κ2) is 12.4. The van der Waals surface area contributed by atoms with Gasteiger partial charge in [-0.3, -0.25) is 9.59 Å². The van der Waals surface area contributed by atoms with Crippen LogP contribution in [0.2, 0.25) is 25.1 Å². The first kappa shape index (κ1) is 31.2. The zero-order chi connectivity index (χ0) is 29.2. The number of aromatic carboxylic acids is 1. The predicted molar refractivity (Wildman–Crippen MR) is 148 cm³/mol. The molecule has 0 fully saturated rings. The summed E-state index contributed by atoms with van der Waals surface area (Å²) in [6, 6.07) is 9.01. The number of carbonyl (C=O) groups is 3. The van der Waals surface area contributed by atoms with Crippen LogP contribution in [0.15, 0.2) is 47.4 Å². The number of carboxylic acids is 1. The fourth-order valence-electron chi connectivity index (χ4n) is 3.21. The van der Waals surface area contributed by atoms with Crippen LogP contribution in [-0.2, 0) is 11.0 Å². The first-order valence-electron chi connectivity index (χ1n) is 10.5. The Hall–Kier alpha value is -2.34. The molecular formula is C24H14Cl5F3N2O4S. The molecular weight excluding hydrogens is 647 g/mol. The van der Waals surface area contributed by atoms with E-state index in [1.165, 1.54) is 37.3 Å². The Morgan fingerprint density at radius 2 is 1.41 bits per heavy atom. The lowest BCUT2D eigenvalue weighted by atomic mass is 10.1. The molecule has 0 aliphatic rings. The second-order valence-electron chi connectivity index (χ2n) is 7.73. The van der Waals surface area contributed by atoms with Crippen LogP contribution in [0, 0.1) is 0 Å². The van der Waals surface area contributed by atoms with E-state index in [-0.39, 0.29) is 20.8 Å². The first-order chi connectivity index (χ1) is 18.1. The summed E-state index contributed by atoms with van der Waals surface area (Å²) >= 11 is 30.6. The van der Waals surface area contributed by atoms with Crippen LogP contribution in [-0.4, -0.2) is 28.1 Å². The molecule has 0 radical (unpaired) electrons. The van der Waals surface area contributed by atoms with Gasteiger partial charge in [0.1, 0.15) is 0 Å². The van der Waals surface area contributed by atoms with Crippen LogP contribution < -0.4 is 10.6 Å². The van der Waals surface area contributed by atoms with Crippen LogP contribution in [0.1, 0.15) is 33.2 Å². The van der Waals surface area contributed by atoms with Crippen molar-refractivity contribution in [2.45, 2.75) is 23.2 Å². The van der Waals surface area contributed by atoms with Crippen molar-refractivity contribution in [3.8, 4) is 0 Å². The van der Waals surface area contributed by atoms with Crippen molar-refractivity contribution in [1.82, 2.24) is 0 Å². The van der Waals surface area contributed by atoms with Crippen molar-refractivity contribution in [1.29, 1.82) is 0 Å². The fraction of sp³-hybridized carbons (Fsp3) is 0.125. The zero-order valence-corrected chi connectivity index (χ0v) is 23.8. The van der Waals surface area contributed by atoms with Gasteiger partial charge in [-0.2, -0.15) is 13.2 Å². The van der Waals surface area contributed by atoms with E-state index in [1.54, 1.807) is 0 Å². The summed E-state index contributed by atoms with van der Waals surface area (Å²) in [5.41, 5.74) is -2.39. The molecule has 15 heteroatoms. The van der Waals surface area contributed by atoms with Gasteiger partial charge in [-0.15, -0.1) is 11.8 Å². The Kier molecular flexibility index (Phi) is 9.96. The van der Waals surface area contributed by atoms with Crippen LogP contribution in [0.3, 0.4) is 0 Å². The summed E-state index contributed by atoms with van der Waals surface area (Å²) in [6.07, 6.45) is -4.72. The van der Waals surface area contributed by atoms with E-state index in [1.807, 2.05) is 0 Å². The average Bonchev–Trinajstić information content (AvgIpc) is 2.85. The number of hydrogen-bond donors (Lipinski definition) is 3. The topological polar surface area (TPSA) is 95.5 Å². The molecule has 0 spiro atoms. The van der Waals surface area contributed by atoms with Crippen molar-refractivity contribution in [2.24, 2.45) is 0 Å². The van der Waals surface area contributed by atoms with E-state index < -0.39 is 61.6 Å². The molecule has 0 bridgehead atoms. The Morgan fingerprint density at radius 3 is 1.95 bits per heavy atom. The Bertz CT molecular complexity index is 1470. The van der Waals surface area contributed by atoms with Gasteiger partial charge in [0.15, 0.2) is 0 Å². The van der Waals surface area contributed by atoms with Gasteiger partial charge < -0.3 is 15.7 Å². The molecule has 3 aromatic carbocycles. The molecule has 3 rings (SSSR count). The fourth-order valence-corrected chi connectivity index (χ4v) is 5.27. The maximum atomic E-state index is 13.3. The summed E-state index contributed by atoms with van der Waals surface area (Å²) in [5.74, 6) is -3.16. The van der Waals surface area contributed by atoms with Crippen molar-refractivity contribution >= 4 is 98.9 Å². The molecule has 0 aliphatic heterocycles. The summed E-state index contributed by atoms with van der Waals surface area (Å²) in [4.78, 5) is 37.7. The minimum absolute atomic E-state index is 0.126. The number of nitrogens with one attached hydrogen (secondary N) is 2. The summed E-state index contributed by atoms with van der Waals surface area (Å²) in [6.45, 7) is 1.50. The van der Waals surface area contributed by atoms with Gasteiger partial charge in [0.05, 0.1) is 47.7 Å². The molecule has 6 nitrogen and oxygen atoms in total. The SMILES string of the molecule is CC(Sc1ccc(NC(=O)c2c(Cl)c(Cl)c(Cl)c(Cl)c2C(=O)O)cc1)C(=O)Nc1ccc(Cl)cc1C(F)(F)F. The number of halogens is 8. The number of carboxylic acid groups (broad SMARTS) is 1. The van der Waals surface area contributed by atoms with E-state index in [2.05, 4.69) is 10.6 Å². The standard InChI is InChI=1S/C24H14Cl5F3N2O4S/c1-9(21(35)34-14-7-2-10(25)8-13(14)24(30,31)32)39-12-5-3-11(4-6-12)33-22(36)15-16(23(37)38)18(27)20(29)19(28)17(15)26/h2-9H,1H3,(H,33,36)(H,34,35)(H,37,38). The van der Waals surface area contributed by atoms with Gasteiger partial charge >= 0.3 is 12.1 Å². The monoisotopic (exact) mass is 658 g/mol. The number of anilines is 2. The number of carbonyl (C=O) groups excluding carboxylic acids is 2. The smallest absolute Gasteiger partial charge is 0.418 e. The molecule has 3 aromatic rings. The summed E-state index contributed by atoms with van der Waals surface area (Å²) in [7, 11) is 0. The maximum absolute atomic E-state index is 13.3. The molecule has 0 aliphatic carbocycles. The quantitative estimate of drug-likeness (QED) is 0.134. The van der Waals surface area contributed by atoms with E-state index in [4.69, 9.17) is 58.0 Å². The van der Waals surface area contributed by atoms with Crippen molar-refractivity contribution < 1.29 is 32.7 Å². The average molecular weight is 661 g/mol. The lowest BCUT2D eigenvalue weighted by Gasteiger charge is -2.17. The third kappa shape index (κ3) is 7.25. The van der Waals surface area contributed by atoms with E-state index in [9.17, 15) is 32.7 Å². The van der Waals surface area contributed by atoms with E-state index in [0.717, 1.165) is 23.9 Å². The Balaban J connectivity index is 1.73. The highest BCUT2D eigenvalue weighted by Gasteiger charge is 2.34. The number of rotatable bonds is 7. The van der Waals surface area contributed by atoms with Gasteiger partial charge in [0.25, 0.3) is 5.91 Å². The lowest BCUT2D eigenvalue weighted by molar-refractivity contribution is -0.137. The molecule has 0 heterocycles. The summed E-state index contributed by atoms with van der Waals surface area (Å²) < 4.78 is 39.9. The van der Waals surface area contributed by atoms with Gasteiger partial charge in [0.2, 0.25) is 5.91 Å². The summed E-state index contributed by atoms with van der Waals surface area (Å²) in [5, 5.41) is 11.8. The maximum Gasteiger partial charge on any atom is 0.418 e. The van der Waals surface area contributed by atoms with Crippen molar-refractivity contribution in [3.63, 3.8) is 0 Å². The molecule has 0 aromatic heterocycles.